The summed E-state index contributed by atoms with van der Waals surface area (Å²) < 4.78 is 26.9. The van der Waals surface area contributed by atoms with Crippen LogP contribution in [-0.2, 0) is 29.6 Å². The Morgan fingerprint density at radius 1 is 1.15 bits per heavy atom. The second kappa shape index (κ2) is 6.49. The minimum Gasteiger partial charge on any atom is -0.391 e. The molecular weight excluding hydrogens is 294 g/mol. The molecule has 0 aliphatic rings. The first-order valence-electron chi connectivity index (χ1n) is 6.31. The van der Waals surface area contributed by atoms with Crippen molar-refractivity contribution in [1.82, 2.24) is 4.72 Å². The average molecular weight is 311 g/mol. The van der Waals surface area contributed by atoms with Gasteiger partial charge in [0, 0.05) is 11.4 Å². The van der Waals surface area contributed by atoms with E-state index in [2.05, 4.69) is 11.6 Å². The Morgan fingerprint density at radius 3 is 2.40 bits per heavy atom. The van der Waals surface area contributed by atoms with Crippen molar-refractivity contribution in [3.8, 4) is 0 Å². The molecule has 2 rings (SSSR count). The molecule has 108 valence electrons. The van der Waals surface area contributed by atoms with Crippen molar-refractivity contribution in [2.75, 3.05) is 0 Å². The molecule has 1 heterocycles. The molecule has 0 aliphatic carbocycles. The fourth-order valence-electron chi connectivity index (χ4n) is 1.83. The average Bonchev–Trinajstić information content (AvgIpc) is 2.95. The van der Waals surface area contributed by atoms with Gasteiger partial charge in [0.05, 0.1) is 11.5 Å². The molecule has 0 radical (unpaired) electrons. The Balaban J connectivity index is 2.09. The van der Waals surface area contributed by atoms with E-state index in [1.165, 1.54) is 23.0 Å². The largest absolute Gasteiger partial charge is 0.391 e. The minimum atomic E-state index is -3.57. The maximum absolute atomic E-state index is 12.2. The Bertz CT molecular complexity index is 660. The number of aliphatic hydroxyl groups is 1. The van der Waals surface area contributed by atoms with Crippen LogP contribution in [0.5, 0.6) is 0 Å². The zero-order valence-corrected chi connectivity index (χ0v) is 12.8. The van der Waals surface area contributed by atoms with Crippen molar-refractivity contribution >= 4 is 21.4 Å². The highest BCUT2D eigenvalue weighted by molar-refractivity contribution is 7.89. The lowest BCUT2D eigenvalue weighted by Crippen LogP contribution is -2.23. The number of sulfonamides is 1. The van der Waals surface area contributed by atoms with Gasteiger partial charge in [-0.15, -0.1) is 11.3 Å². The summed E-state index contributed by atoms with van der Waals surface area (Å²) in [7, 11) is -3.57. The summed E-state index contributed by atoms with van der Waals surface area (Å²) >= 11 is 1.23. The van der Waals surface area contributed by atoms with Crippen LogP contribution in [0, 0.1) is 0 Å². The normalized spacial score (nSPS) is 11.7. The smallest absolute Gasteiger partial charge is 0.242 e. The minimum absolute atomic E-state index is 0.162. The summed E-state index contributed by atoms with van der Waals surface area (Å²) in [6.45, 7) is 2.05. The molecule has 20 heavy (non-hydrogen) atoms. The lowest BCUT2D eigenvalue weighted by atomic mass is 10.1. The van der Waals surface area contributed by atoms with Crippen molar-refractivity contribution < 1.29 is 13.5 Å². The lowest BCUT2D eigenvalue weighted by molar-refractivity contribution is 0.282. The second-order valence-electron chi connectivity index (χ2n) is 4.36. The standard InChI is InChI=1S/C14H17NO3S2/c1-2-11-3-5-12(6-4-11)9-15-20(17,18)14-7-8-19-13(14)10-16/h3-8,15-16H,2,9-10H2,1H3. The monoisotopic (exact) mass is 311 g/mol. The summed E-state index contributed by atoms with van der Waals surface area (Å²) in [5.74, 6) is 0. The first-order valence-corrected chi connectivity index (χ1v) is 8.68. The van der Waals surface area contributed by atoms with Crippen molar-refractivity contribution in [2.45, 2.75) is 31.4 Å². The van der Waals surface area contributed by atoms with Crippen molar-refractivity contribution in [3.05, 3.63) is 51.7 Å². The predicted octanol–water partition coefficient (Wildman–Crippen LogP) is 2.28. The van der Waals surface area contributed by atoms with Gasteiger partial charge in [-0.1, -0.05) is 31.2 Å². The van der Waals surface area contributed by atoms with Crippen LogP contribution in [0.25, 0.3) is 0 Å². The number of thiophene rings is 1. The third-order valence-electron chi connectivity index (χ3n) is 3.04. The maximum atomic E-state index is 12.2. The molecule has 0 saturated heterocycles. The van der Waals surface area contributed by atoms with Crippen LogP contribution in [0.3, 0.4) is 0 Å². The van der Waals surface area contributed by atoms with Gasteiger partial charge in [-0.2, -0.15) is 0 Å². The van der Waals surface area contributed by atoms with Crippen LogP contribution in [0.4, 0.5) is 0 Å². The molecule has 2 N–H and O–H groups in total. The van der Waals surface area contributed by atoms with E-state index in [-0.39, 0.29) is 18.0 Å². The van der Waals surface area contributed by atoms with E-state index in [1.807, 2.05) is 24.3 Å². The molecule has 1 aromatic carbocycles. The number of rotatable bonds is 6. The van der Waals surface area contributed by atoms with Gasteiger partial charge >= 0.3 is 0 Å². The number of hydrogen-bond acceptors (Lipinski definition) is 4. The molecular formula is C14H17NO3S2. The predicted molar refractivity (Wildman–Crippen MR) is 80.1 cm³/mol. The van der Waals surface area contributed by atoms with Crippen LogP contribution < -0.4 is 4.72 Å². The third kappa shape index (κ3) is 3.46. The fourth-order valence-corrected chi connectivity index (χ4v) is 4.14. The summed E-state index contributed by atoms with van der Waals surface area (Å²) in [5, 5.41) is 10.8. The second-order valence-corrected chi connectivity index (χ2v) is 7.10. The van der Waals surface area contributed by atoms with Crippen molar-refractivity contribution in [1.29, 1.82) is 0 Å². The molecule has 0 atom stereocenters. The summed E-state index contributed by atoms with van der Waals surface area (Å²) in [6.07, 6.45) is 0.959. The van der Waals surface area contributed by atoms with E-state index in [0.29, 0.717) is 4.88 Å². The van der Waals surface area contributed by atoms with E-state index in [1.54, 1.807) is 5.38 Å². The highest BCUT2D eigenvalue weighted by atomic mass is 32.2. The van der Waals surface area contributed by atoms with E-state index in [0.717, 1.165) is 12.0 Å². The zero-order chi connectivity index (χ0) is 14.6. The van der Waals surface area contributed by atoms with E-state index in [4.69, 9.17) is 5.11 Å². The summed E-state index contributed by atoms with van der Waals surface area (Å²) in [5.41, 5.74) is 2.13. The van der Waals surface area contributed by atoms with Gasteiger partial charge in [0.25, 0.3) is 0 Å². The fraction of sp³-hybridized carbons (Fsp3) is 0.286. The maximum Gasteiger partial charge on any atom is 0.242 e. The summed E-state index contributed by atoms with van der Waals surface area (Å²) in [4.78, 5) is 0.619. The molecule has 0 amide bonds. The number of hydrogen-bond donors (Lipinski definition) is 2. The highest BCUT2D eigenvalue weighted by Crippen LogP contribution is 2.21. The van der Waals surface area contributed by atoms with Gasteiger partial charge in [-0.3, -0.25) is 0 Å². The van der Waals surface area contributed by atoms with Crippen LogP contribution >= 0.6 is 11.3 Å². The van der Waals surface area contributed by atoms with Gasteiger partial charge in [-0.05, 0) is 29.0 Å². The van der Waals surface area contributed by atoms with Crippen LogP contribution in [0.15, 0.2) is 40.6 Å². The third-order valence-corrected chi connectivity index (χ3v) is 5.56. The van der Waals surface area contributed by atoms with E-state index >= 15 is 0 Å². The van der Waals surface area contributed by atoms with Crippen LogP contribution in [0.2, 0.25) is 0 Å². The van der Waals surface area contributed by atoms with Gasteiger partial charge in [0.2, 0.25) is 10.0 Å². The van der Waals surface area contributed by atoms with Crippen LogP contribution in [0.1, 0.15) is 22.9 Å². The molecule has 0 bridgehead atoms. The topological polar surface area (TPSA) is 66.4 Å². The molecule has 1 aromatic heterocycles. The van der Waals surface area contributed by atoms with Crippen molar-refractivity contribution in [2.24, 2.45) is 0 Å². The Hall–Kier alpha value is -1.21. The molecule has 6 heteroatoms. The molecule has 4 nitrogen and oxygen atoms in total. The van der Waals surface area contributed by atoms with Gasteiger partial charge in [-0.25, -0.2) is 13.1 Å². The van der Waals surface area contributed by atoms with Crippen LogP contribution in [-0.4, -0.2) is 13.5 Å². The first-order chi connectivity index (χ1) is 9.56. The molecule has 0 unspecified atom stereocenters. The lowest BCUT2D eigenvalue weighted by Gasteiger charge is -2.07. The zero-order valence-electron chi connectivity index (χ0n) is 11.2. The molecule has 0 saturated carbocycles. The number of nitrogens with one attached hydrogen (secondary N) is 1. The van der Waals surface area contributed by atoms with Crippen molar-refractivity contribution in [3.63, 3.8) is 0 Å². The van der Waals surface area contributed by atoms with Gasteiger partial charge in [0.1, 0.15) is 0 Å². The highest BCUT2D eigenvalue weighted by Gasteiger charge is 2.18. The first kappa shape index (κ1) is 15.2. The number of benzene rings is 1. The van der Waals surface area contributed by atoms with Gasteiger partial charge < -0.3 is 5.11 Å². The Morgan fingerprint density at radius 2 is 1.80 bits per heavy atom. The van der Waals surface area contributed by atoms with E-state index < -0.39 is 10.0 Å². The molecule has 2 aromatic rings. The number of aliphatic hydroxyl groups excluding tert-OH is 1. The molecule has 0 aliphatic heterocycles. The number of aryl methyl sites for hydroxylation is 1. The van der Waals surface area contributed by atoms with E-state index in [9.17, 15) is 8.42 Å². The SMILES string of the molecule is CCc1ccc(CNS(=O)(=O)c2ccsc2CO)cc1. The summed E-state index contributed by atoms with van der Waals surface area (Å²) in [6, 6.07) is 9.34. The van der Waals surface area contributed by atoms with Gasteiger partial charge in [0.15, 0.2) is 0 Å². The molecule has 0 fully saturated rings. The quantitative estimate of drug-likeness (QED) is 0.860. The Kier molecular flexibility index (Phi) is 4.93. The Labute approximate surface area is 123 Å². The molecule has 0 spiro atoms.